The maximum Gasteiger partial charge on any atom is 0.217 e. The minimum atomic E-state index is -0.692. The number of nitrogens with zero attached hydrogens (tertiary/aromatic N) is 1. The summed E-state index contributed by atoms with van der Waals surface area (Å²) in [5.41, 5.74) is 0. The average molecular weight is 141 g/mol. The molecule has 1 atom stereocenters. The van der Waals surface area contributed by atoms with Crippen molar-refractivity contribution >= 4 is 0 Å². The molecule has 1 fully saturated rings. The summed E-state index contributed by atoms with van der Waals surface area (Å²) in [6.07, 6.45) is 3.03. The Morgan fingerprint density at radius 3 is 2.70 bits per heavy atom. The molecule has 0 saturated heterocycles. The second-order valence-electron chi connectivity index (χ2n) is 2.88. The van der Waals surface area contributed by atoms with Gasteiger partial charge in [-0.2, -0.15) is 0 Å². The van der Waals surface area contributed by atoms with Crippen LogP contribution in [0.15, 0.2) is 0 Å². The van der Waals surface area contributed by atoms with E-state index in [4.69, 9.17) is 6.57 Å². The Labute approximate surface area is 61.1 Å². The molecule has 0 aromatic heterocycles. The average Bonchev–Trinajstić information content (AvgIpc) is 1.79. The van der Waals surface area contributed by atoms with Crippen molar-refractivity contribution in [1.82, 2.24) is 0 Å². The van der Waals surface area contributed by atoms with Crippen LogP contribution in [-0.2, 0) is 0 Å². The van der Waals surface area contributed by atoms with Crippen molar-refractivity contribution in [1.29, 1.82) is 0 Å². The Morgan fingerprint density at radius 1 is 1.60 bits per heavy atom. The molecule has 10 heavy (non-hydrogen) atoms. The maximum atomic E-state index is 12.9. The largest absolute Gasteiger partial charge is 0.317 e. The van der Waals surface area contributed by atoms with Gasteiger partial charge >= 0.3 is 0 Å². The molecule has 1 unspecified atom stereocenters. The van der Waals surface area contributed by atoms with E-state index in [2.05, 4.69) is 4.85 Å². The van der Waals surface area contributed by atoms with Crippen LogP contribution in [0.1, 0.15) is 25.7 Å². The zero-order valence-electron chi connectivity index (χ0n) is 6.02. The third kappa shape index (κ3) is 1.70. The van der Waals surface area contributed by atoms with Crippen LogP contribution >= 0.6 is 0 Å². The summed E-state index contributed by atoms with van der Waals surface area (Å²) in [4.78, 5) is 3.13. The molecule has 2 heteroatoms. The first-order valence-corrected chi connectivity index (χ1v) is 3.82. The highest BCUT2D eigenvalue weighted by Crippen LogP contribution is 2.32. The van der Waals surface area contributed by atoms with E-state index in [1.165, 1.54) is 6.42 Å². The van der Waals surface area contributed by atoms with Crippen molar-refractivity contribution in [3.8, 4) is 0 Å². The molecule has 1 rings (SSSR count). The monoisotopic (exact) mass is 141 g/mol. The van der Waals surface area contributed by atoms with Gasteiger partial charge in [-0.15, -0.1) is 0 Å². The molecule has 0 radical (unpaired) electrons. The third-order valence-corrected chi connectivity index (χ3v) is 2.18. The summed E-state index contributed by atoms with van der Waals surface area (Å²) in [5, 5.41) is 0. The van der Waals surface area contributed by atoms with E-state index in [9.17, 15) is 4.39 Å². The number of alkyl halides is 1. The van der Waals surface area contributed by atoms with Crippen molar-refractivity contribution in [3.63, 3.8) is 0 Å². The number of hydrogen-bond donors (Lipinski definition) is 0. The highest BCUT2D eigenvalue weighted by atomic mass is 19.1. The highest BCUT2D eigenvalue weighted by Gasteiger charge is 2.27. The van der Waals surface area contributed by atoms with Gasteiger partial charge in [-0.05, 0) is 18.8 Å². The first-order chi connectivity index (χ1) is 4.84. The Kier molecular flexibility index (Phi) is 2.68. The highest BCUT2D eigenvalue weighted by molar-refractivity contribution is 4.79. The standard InChI is InChI=1S/C8H12FN/c1-10-6-5-8(9)7-3-2-4-7/h7-8H,2-6H2. The van der Waals surface area contributed by atoms with Gasteiger partial charge in [-0.25, -0.2) is 11.0 Å². The molecule has 0 heterocycles. The van der Waals surface area contributed by atoms with Gasteiger partial charge in [-0.1, -0.05) is 6.42 Å². The van der Waals surface area contributed by atoms with Crippen LogP contribution < -0.4 is 0 Å². The number of rotatable bonds is 3. The Bertz CT molecular complexity index is 135. The van der Waals surface area contributed by atoms with Crippen LogP contribution in [0.4, 0.5) is 4.39 Å². The van der Waals surface area contributed by atoms with Crippen LogP contribution in [0.25, 0.3) is 4.85 Å². The molecule has 1 nitrogen and oxygen atoms in total. The number of halogens is 1. The summed E-state index contributed by atoms with van der Waals surface area (Å²) in [6.45, 7) is 6.83. The van der Waals surface area contributed by atoms with Crippen molar-refractivity contribution < 1.29 is 4.39 Å². The molecule has 0 aromatic rings. The molecule has 0 N–H and O–H groups in total. The fraction of sp³-hybridized carbons (Fsp3) is 0.875. The maximum absolute atomic E-state index is 12.9. The molecule has 56 valence electrons. The van der Waals surface area contributed by atoms with Crippen molar-refractivity contribution in [3.05, 3.63) is 11.4 Å². The van der Waals surface area contributed by atoms with Crippen LogP contribution in [0.5, 0.6) is 0 Å². The lowest BCUT2D eigenvalue weighted by molar-refractivity contribution is 0.144. The van der Waals surface area contributed by atoms with Crippen molar-refractivity contribution in [2.45, 2.75) is 31.9 Å². The van der Waals surface area contributed by atoms with E-state index in [0.717, 1.165) is 12.8 Å². The van der Waals surface area contributed by atoms with Gasteiger partial charge in [0.1, 0.15) is 6.17 Å². The molecule has 0 aromatic carbocycles. The molecular weight excluding hydrogens is 129 g/mol. The summed E-state index contributed by atoms with van der Waals surface area (Å²) in [6, 6.07) is 0. The van der Waals surface area contributed by atoms with Crippen molar-refractivity contribution in [2.75, 3.05) is 6.54 Å². The predicted octanol–water partition coefficient (Wildman–Crippen LogP) is 2.43. The molecule has 0 spiro atoms. The SMILES string of the molecule is [C-]#[N+]CCC(F)C1CCC1. The number of hydrogen-bond acceptors (Lipinski definition) is 0. The topological polar surface area (TPSA) is 4.36 Å². The quantitative estimate of drug-likeness (QED) is 0.532. The zero-order chi connectivity index (χ0) is 7.40. The van der Waals surface area contributed by atoms with Crippen LogP contribution in [0.2, 0.25) is 0 Å². The van der Waals surface area contributed by atoms with Gasteiger partial charge in [0.15, 0.2) is 0 Å². The fourth-order valence-electron chi connectivity index (χ4n) is 1.23. The zero-order valence-corrected chi connectivity index (χ0v) is 6.02. The second kappa shape index (κ2) is 3.55. The second-order valence-corrected chi connectivity index (χ2v) is 2.88. The Balaban J connectivity index is 2.09. The molecule has 1 aliphatic carbocycles. The Morgan fingerprint density at radius 2 is 2.30 bits per heavy atom. The Hall–Kier alpha value is -0.580. The van der Waals surface area contributed by atoms with E-state index in [-0.39, 0.29) is 0 Å². The minimum Gasteiger partial charge on any atom is -0.317 e. The van der Waals surface area contributed by atoms with Crippen LogP contribution in [-0.4, -0.2) is 12.7 Å². The summed E-state index contributed by atoms with van der Waals surface area (Å²) >= 11 is 0. The lowest BCUT2D eigenvalue weighted by atomic mass is 9.81. The van der Waals surface area contributed by atoms with Gasteiger partial charge < -0.3 is 4.85 Å². The summed E-state index contributed by atoms with van der Waals surface area (Å²) in [5.74, 6) is 0.293. The summed E-state index contributed by atoms with van der Waals surface area (Å²) in [7, 11) is 0. The van der Waals surface area contributed by atoms with Gasteiger partial charge in [0, 0.05) is 0 Å². The van der Waals surface area contributed by atoms with E-state index >= 15 is 0 Å². The summed E-state index contributed by atoms with van der Waals surface area (Å²) < 4.78 is 12.9. The van der Waals surface area contributed by atoms with E-state index < -0.39 is 6.17 Å². The first-order valence-electron chi connectivity index (χ1n) is 3.82. The van der Waals surface area contributed by atoms with Crippen LogP contribution in [0, 0.1) is 12.5 Å². The van der Waals surface area contributed by atoms with E-state index in [1.54, 1.807) is 0 Å². The third-order valence-electron chi connectivity index (χ3n) is 2.18. The molecule has 0 amide bonds. The molecule has 0 bridgehead atoms. The smallest absolute Gasteiger partial charge is 0.217 e. The molecule has 0 aliphatic heterocycles. The lowest BCUT2D eigenvalue weighted by Gasteiger charge is -2.27. The van der Waals surface area contributed by atoms with Crippen LogP contribution in [0.3, 0.4) is 0 Å². The molecule has 1 saturated carbocycles. The van der Waals surface area contributed by atoms with E-state index in [1.807, 2.05) is 0 Å². The molecule has 1 aliphatic rings. The van der Waals surface area contributed by atoms with E-state index in [0.29, 0.717) is 18.9 Å². The van der Waals surface area contributed by atoms with Crippen molar-refractivity contribution in [2.24, 2.45) is 5.92 Å². The van der Waals surface area contributed by atoms with Gasteiger partial charge in [0.05, 0.1) is 6.42 Å². The molecular formula is C8H12FN. The van der Waals surface area contributed by atoms with Gasteiger partial charge in [0.25, 0.3) is 0 Å². The first kappa shape index (κ1) is 7.53. The normalized spacial score (nSPS) is 21.2. The minimum absolute atomic E-state index is 0.293. The predicted molar refractivity (Wildman–Crippen MR) is 38.3 cm³/mol. The van der Waals surface area contributed by atoms with Gasteiger partial charge in [-0.3, -0.25) is 0 Å². The lowest BCUT2D eigenvalue weighted by Crippen LogP contribution is -2.23. The van der Waals surface area contributed by atoms with Gasteiger partial charge in [0.2, 0.25) is 6.54 Å². The fourth-order valence-corrected chi connectivity index (χ4v) is 1.23.